The summed E-state index contributed by atoms with van der Waals surface area (Å²) in [6.45, 7) is 12.0. The number of terminal acetylenes is 1. The van der Waals surface area contributed by atoms with Crippen molar-refractivity contribution in [3.63, 3.8) is 0 Å². The highest BCUT2D eigenvalue weighted by molar-refractivity contribution is 5.92. The molecule has 3 aliphatic heterocycles. The van der Waals surface area contributed by atoms with Gasteiger partial charge in [-0.25, -0.2) is 4.39 Å². The van der Waals surface area contributed by atoms with Gasteiger partial charge in [-0.3, -0.25) is 4.90 Å². The van der Waals surface area contributed by atoms with Gasteiger partial charge in [-0.15, -0.1) is 6.42 Å². The van der Waals surface area contributed by atoms with Crippen LogP contribution in [0.25, 0.3) is 17.0 Å². The molecule has 9 rings (SSSR count). The Kier molecular flexibility index (Phi) is 7.69. The normalized spacial score (nSPS) is 26.2. The van der Waals surface area contributed by atoms with Gasteiger partial charge in [0.15, 0.2) is 5.82 Å². The first kappa shape index (κ1) is 32.2. The van der Waals surface area contributed by atoms with Crippen LogP contribution < -0.4 is 15.0 Å². The molecule has 1 spiro atoms. The van der Waals surface area contributed by atoms with Gasteiger partial charge in [0.05, 0.1) is 24.6 Å². The smallest absolute Gasteiger partial charge is 0.319 e. The maximum absolute atomic E-state index is 17.7. The quantitative estimate of drug-likeness (QED) is 0.259. The number of aromatic nitrogens is 2. The maximum atomic E-state index is 17.7. The number of aliphatic hydroxyl groups is 1. The average Bonchev–Trinajstić information content (AvgIpc) is 4.02. The van der Waals surface area contributed by atoms with E-state index in [4.69, 9.17) is 25.9 Å². The minimum Gasteiger partial charge on any atom is -0.512 e. The molecule has 0 radical (unpaired) electrons. The Morgan fingerprint density at radius 3 is 2.62 bits per heavy atom. The number of benzene rings is 2. The molecule has 50 heavy (non-hydrogen) atoms. The van der Waals surface area contributed by atoms with Crippen molar-refractivity contribution in [2.45, 2.75) is 95.2 Å². The second-order valence-corrected chi connectivity index (χ2v) is 16.4. The number of morpholine rings is 1. The summed E-state index contributed by atoms with van der Waals surface area (Å²) in [7, 11) is 0. The second-order valence-electron chi connectivity index (χ2n) is 16.4. The molecule has 262 valence electrons. The summed E-state index contributed by atoms with van der Waals surface area (Å²) in [5, 5.41) is 15.4. The van der Waals surface area contributed by atoms with E-state index in [1.165, 1.54) is 0 Å². The summed E-state index contributed by atoms with van der Waals surface area (Å²) in [6, 6.07) is 7.06. The Labute approximate surface area is 294 Å². The number of anilines is 1. The van der Waals surface area contributed by atoms with Crippen LogP contribution in [0.2, 0.25) is 0 Å². The lowest BCUT2D eigenvalue weighted by atomic mass is 9.75. The predicted molar refractivity (Wildman–Crippen MR) is 193 cm³/mol. The van der Waals surface area contributed by atoms with Crippen molar-refractivity contribution in [3.8, 4) is 18.4 Å². The molecule has 1 aromatic heterocycles. The number of allylic oxidation sites excluding steroid dienone is 1. The van der Waals surface area contributed by atoms with Crippen molar-refractivity contribution in [3.05, 3.63) is 63.2 Å². The number of rotatable bonds is 8. The number of nitrogens with one attached hydrogen (secondary N) is 1. The van der Waals surface area contributed by atoms with E-state index in [9.17, 15) is 5.11 Å². The molecule has 0 amide bonds. The lowest BCUT2D eigenvalue weighted by molar-refractivity contribution is -0.0532. The molecule has 9 heteroatoms. The summed E-state index contributed by atoms with van der Waals surface area (Å²) in [5.74, 6) is 3.02. The SMILES string of the molecule is C#Cc1c(C)ccc2c1C(c1c(C(C)C)cc3c(N4CC5CCC(C4)N5)nc(OCC4(CN5CCOC6(CC6)C5)CC4)nc3c1F)CC(O)=C2. The van der Waals surface area contributed by atoms with E-state index in [0.29, 0.717) is 29.6 Å². The highest BCUT2D eigenvalue weighted by atomic mass is 19.1. The van der Waals surface area contributed by atoms with Crippen molar-refractivity contribution >= 4 is 22.8 Å². The summed E-state index contributed by atoms with van der Waals surface area (Å²) in [5.41, 5.74) is 5.30. The molecular formula is C41H48FN5O3. The summed E-state index contributed by atoms with van der Waals surface area (Å²) in [4.78, 5) is 14.8. The zero-order valence-corrected chi connectivity index (χ0v) is 29.5. The molecule has 5 fully saturated rings. The number of hydrogen-bond donors (Lipinski definition) is 2. The molecular weight excluding hydrogens is 629 g/mol. The molecule has 3 unspecified atom stereocenters. The summed E-state index contributed by atoms with van der Waals surface area (Å²) < 4.78 is 30.3. The fourth-order valence-corrected chi connectivity index (χ4v) is 9.28. The fraction of sp³-hybridized carbons (Fsp3) is 0.561. The standard InChI is InChI=1S/C41H48FN5O3/c1-5-30-25(4)6-7-26-16-29(48)17-32(34(26)30)35-31(24(2)3)18-33-37(36(35)42)44-39(45-38(33)47-19-27-8-9-28(20-47)43-27)49-23-40(10-11-40)21-46-14-15-50-41(22-46)12-13-41/h1,6-7,16,18,24,27-28,32,43,48H,8-15,17,19-23H2,2-4H3. The Hall–Kier alpha value is -3.71. The number of hydrogen-bond acceptors (Lipinski definition) is 8. The maximum Gasteiger partial charge on any atom is 0.319 e. The Balaban J connectivity index is 1.13. The first-order chi connectivity index (χ1) is 24.1. The van der Waals surface area contributed by atoms with Gasteiger partial charge in [-0.1, -0.05) is 31.9 Å². The second kappa shape index (κ2) is 11.9. The highest BCUT2D eigenvalue weighted by Crippen LogP contribution is 2.50. The van der Waals surface area contributed by atoms with Gasteiger partial charge in [0.2, 0.25) is 0 Å². The van der Waals surface area contributed by atoms with Crippen molar-refractivity contribution < 1.29 is 19.0 Å². The zero-order chi connectivity index (χ0) is 34.4. The van der Waals surface area contributed by atoms with E-state index in [2.05, 4.69) is 41.0 Å². The number of aliphatic hydroxyl groups excluding tert-OH is 1. The Morgan fingerprint density at radius 2 is 1.92 bits per heavy atom. The Morgan fingerprint density at radius 1 is 1.14 bits per heavy atom. The summed E-state index contributed by atoms with van der Waals surface area (Å²) in [6.07, 6.45) is 14.9. The van der Waals surface area contributed by atoms with Crippen LogP contribution in [0.3, 0.4) is 0 Å². The van der Waals surface area contributed by atoms with Gasteiger partial charge in [0.1, 0.15) is 11.3 Å². The third-order valence-electron chi connectivity index (χ3n) is 12.3. The molecule has 2 bridgehead atoms. The lowest BCUT2D eigenvalue weighted by Crippen LogP contribution is -2.51. The highest BCUT2D eigenvalue weighted by Gasteiger charge is 2.51. The van der Waals surface area contributed by atoms with Crippen LogP contribution in [-0.2, 0) is 4.74 Å². The lowest BCUT2D eigenvalue weighted by Gasteiger charge is -2.36. The molecule has 2 N–H and O–H groups in total. The van der Waals surface area contributed by atoms with Crippen LogP contribution in [0.5, 0.6) is 6.01 Å². The van der Waals surface area contributed by atoms with Crippen molar-refractivity contribution in [1.29, 1.82) is 0 Å². The molecule has 4 heterocycles. The van der Waals surface area contributed by atoms with Gasteiger partial charge in [-0.05, 0) is 85.8 Å². The zero-order valence-electron chi connectivity index (χ0n) is 29.5. The number of piperazine rings is 1. The number of aryl methyl sites for hydroxylation is 1. The van der Waals surface area contributed by atoms with Gasteiger partial charge >= 0.3 is 6.01 Å². The molecule has 3 saturated heterocycles. The van der Waals surface area contributed by atoms with E-state index in [0.717, 1.165) is 111 Å². The monoisotopic (exact) mass is 677 g/mol. The number of ether oxygens (including phenoxy) is 2. The fourth-order valence-electron chi connectivity index (χ4n) is 9.28. The van der Waals surface area contributed by atoms with Crippen LogP contribution in [0, 0.1) is 30.5 Å². The minimum atomic E-state index is -0.460. The third-order valence-corrected chi connectivity index (χ3v) is 12.3. The first-order valence-electron chi connectivity index (χ1n) is 18.7. The third kappa shape index (κ3) is 5.64. The molecule has 8 nitrogen and oxygen atoms in total. The van der Waals surface area contributed by atoms with E-state index in [1.54, 1.807) is 6.08 Å². The minimum absolute atomic E-state index is 0.00663. The van der Waals surface area contributed by atoms with E-state index in [-0.39, 0.29) is 46.5 Å². The Bertz CT molecular complexity index is 1930. The molecule has 3 aliphatic carbocycles. The van der Waals surface area contributed by atoms with Crippen LogP contribution in [0.1, 0.15) is 104 Å². The van der Waals surface area contributed by atoms with Gasteiger partial charge in [0, 0.05) is 79.1 Å². The van der Waals surface area contributed by atoms with Crippen LogP contribution >= 0.6 is 0 Å². The van der Waals surface area contributed by atoms with E-state index in [1.807, 2.05) is 19.1 Å². The molecule has 2 saturated carbocycles. The predicted octanol–water partition coefficient (Wildman–Crippen LogP) is 6.58. The topological polar surface area (TPSA) is 83.0 Å². The molecule has 2 aromatic carbocycles. The van der Waals surface area contributed by atoms with Gasteiger partial charge in [0.25, 0.3) is 0 Å². The molecule has 6 aliphatic rings. The van der Waals surface area contributed by atoms with Crippen LogP contribution in [-0.4, -0.2) is 83.6 Å². The largest absolute Gasteiger partial charge is 0.512 e. The van der Waals surface area contributed by atoms with E-state index < -0.39 is 5.92 Å². The van der Waals surface area contributed by atoms with Crippen LogP contribution in [0.4, 0.5) is 10.2 Å². The number of halogens is 1. The van der Waals surface area contributed by atoms with Crippen LogP contribution in [0.15, 0.2) is 24.0 Å². The van der Waals surface area contributed by atoms with Crippen molar-refractivity contribution in [2.75, 3.05) is 50.8 Å². The van der Waals surface area contributed by atoms with Crippen molar-refractivity contribution in [2.24, 2.45) is 5.41 Å². The molecule has 3 atom stereocenters. The molecule has 3 aromatic rings. The van der Waals surface area contributed by atoms with E-state index >= 15 is 4.39 Å². The number of nitrogens with zero attached hydrogens (tertiary/aromatic N) is 4. The van der Waals surface area contributed by atoms with Gasteiger partial charge in [-0.2, -0.15) is 9.97 Å². The first-order valence-corrected chi connectivity index (χ1v) is 18.7. The van der Waals surface area contributed by atoms with Gasteiger partial charge < -0.3 is 24.8 Å². The summed E-state index contributed by atoms with van der Waals surface area (Å²) >= 11 is 0. The van der Waals surface area contributed by atoms with Crippen molar-refractivity contribution in [1.82, 2.24) is 20.2 Å². The average molecular weight is 678 g/mol. The number of fused-ring (bicyclic) bond motifs is 4.